The Hall–Kier alpha value is -1.52. The van der Waals surface area contributed by atoms with Crippen molar-refractivity contribution in [2.75, 3.05) is 13.2 Å². The highest BCUT2D eigenvalue weighted by atomic mass is 35.5. The lowest BCUT2D eigenvalue weighted by Gasteiger charge is -2.24. The third-order valence-electron chi connectivity index (χ3n) is 2.46. The molecule has 0 aromatic heterocycles. The van der Waals surface area contributed by atoms with E-state index >= 15 is 0 Å². The van der Waals surface area contributed by atoms with Crippen LogP contribution in [0.15, 0.2) is 36.9 Å². The monoisotopic (exact) mass is 311 g/mol. The maximum atomic E-state index is 11.9. The van der Waals surface area contributed by atoms with Crippen molar-refractivity contribution in [1.29, 1.82) is 0 Å². The Bertz CT molecular complexity index is 483. The second kappa shape index (κ2) is 8.05. The predicted octanol–water partition coefficient (Wildman–Crippen LogP) is 4.11. The average Bonchev–Trinajstić information content (AvgIpc) is 2.35. The first kappa shape index (κ1) is 17.5. The lowest BCUT2D eigenvalue weighted by molar-refractivity contribution is 0.0455. The van der Waals surface area contributed by atoms with E-state index in [1.165, 1.54) is 0 Å². The van der Waals surface area contributed by atoms with Crippen LogP contribution in [0.5, 0.6) is 0 Å². The molecule has 0 heterocycles. The summed E-state index contributed by atoms with van der Waals surface area (Å²) in [5, 5.41) is 3.40. The first-order chi connectivity index (χ1) is 9.81. The van der Waals surface area contributed by atoms with Crippen molar-refractivity contribution in [2.45, 2.75) is 32.4 Å². The molecule has 0 fully saturated rings. The van der Waals surface area contributed by atoms with E-state index in [0.29, 0.717) is 18.2 Å². The number of hydrogen-bond donors (Lipinski definition) is 1. The Morgan fingerprint density at radius 1 is 1.48 bits per heavy atom. The molecular formula is C16H22ClNO3. The normalized spacial score (nSPS) is 12.6. The number of carbonyl (C=O) groups excluding carboxylic acids is 1. The molecule has 0 radical (unpaired) electrons. The molecule has 1 aromatic rings. The Labute approximate surface area is 131 Å². The van der Waals surface area contributed by atoms with Crippen LogP contribution >= 0.6 is 11.6 Å². The molecule has 0 bridgehead atoms. The first-order valence-corrected chi connectivity index (χ1v) is 7.13. The van der Waals surface area contributed by atoms with Crippen molar-refractivity contribution < 1.29 is 14.3 Å². The summed E-state index contributed by atoms with van der Waals surface area (Å²) in [6, 6.07) is 6.94. The van der Waals surface area contributed by atoms with Crippen molar-refractivity contribution in [3.05, 3.63) is 47.5 Å². The van der Waals surface area contributed by atoms with E-state index in [-0.39, 0.29) is 6.04 Å². The van der Waals surface area contributed by atoms with Gasteiger partial charge in [0.15, 0.2) is 0 Å². The topological polar surface area (TPSA) is 47.6 Å². The zero-order valence-electron chi connectivity index (χ0n) is 12.7. The van der Waals surface area contributed by atoms with Gasteiger partial charge in [-0.1, -0.05) is 29.8 Å². The highest BCUT2D eigenvalue weighted by Gasteiger charge is 2.20. The minimum Gasteiger partial charge on any atom is -0.444 e. The van der Waals surface area contributed by atoms with Crippen molar-refractivity contribution in [1.82, 2.24) is 5.32 Å². The van der Waals surface area contributed by atoms with Crippen LogP contribution in [0, 0.1) is 0 Å². The summed E-state index contributed by atoms with van der Waals surface area (Å²) in [5.74, 6) is 0. The van der Waals surface area contributed by atoms with Gasteiger partial charge in [-0.15, -0.1) is 6.58 Å². The fourth-order valence-corrected chi connectivity index (χ4v) is 1.86. The summed E-state index contributed by atoms with van der Waals surface area (Å²) in [6.07, 6.45) is 1.16. The molecular weight excluding hydrogens is 290 g/mol. The third kappa shape index (κ3) is 7.16. The molecule has 0 aliphatic heterocycles. The summed E-state index contributed by atoms with van der Waals surface area (Å²) < 4.78 is 10.7. The van der Waals surface area contributed by atoms with Crippen molar-refractivity contribution in [2.24, 2.45) is 0 Å². The third-order valence-corrected chi connectivity index (χ3v) is 2.70. The Kier molecular flexibility index (Phi) is 6.72. The highest BCUT2D eigenvalue weighted by Crippen LogP contribution is 2.19. The van der Waals surface area contributed by atoms with E-state index < -0.39 is 11.7 Å². The zero-order chi connectivity index (χ0) is 15.9. The second-order valence-corrected chi connectivity index (χ2v) is 6.02. The predicted molar refractivity (Wildman–Crippen MR) is 84.6 cm³/mol. The molecule has 1 rings (SSSR count). The van der Waals surface area contributed by atoms with Crippen LogP contribution in [-0.4, -0.2) is 24.9 Å². The quantitative estimate of drug-likeness (QED) is 0.635. The minimum absolute atomic E-state index is 0.311. The number of rotatable bonds is 6. The smallest absolute Gasteiger partial charge is 0.408 e. The van der Waals surface area contributed by atoms with Gasteiger partial charge in [-0.3, -0.25) is 0 Å². The van der Waals surface area contributed by atoms with Crippen LogP contribution in [0.1, 0.15) is 32.4 Å². The van der Waals surface area contributed by atoms with Gasteiger partial charge in [0.1, 0.15) is 5.60 Å². The van der Waals surface area contributed by atoms with Crippen LogP contribution in [0.2, 0.25) is 5.02 Å². The molecule has 1 aromatic carbocycles. The molecule has 4 nitrogen and oxygen atoms in total. The van der Waals surface area contributed by atoms with Gasteiger partial charge in [0.25, 0.3) is 0 Å². The van der Waals surface area contributed by atoms with Crippen molar-refractivity contribution >= 4 is 17.7 Å². The van der Waals surface area contributed by atoms with Gasteiger partial charge in [0.05, 0.1) is 19.3 Å². The zero-order valence-corrected chi connectivity index (χ0v) is 13.4. The number of halogens is 1. The fourth-order valence-electron chi connectivity index (χ4n) is 1.66. The maximum absolute atomic E-state index is 11.9. The van der Waals surface area contributed by atoms with E-state index in [9.17, 15) is 4.79 Å². The summed E-state index contributed by atoms with van der Waals surface area (Å²) in [6.45, 7) is 9.76. The molecule has 0 aliphatic carbocycles. The molecule has 0 saturated heterocycles. The standard InChI is InChI=1S/C16H22ClNO3/c1-5-9-20-11-14(12-7-6-8-13(17)10-12)18-15(19)21-16(2,3)4/h5-8,10,14H,1,9,11H2,2-4H3,(H,18,19)/t14-/m1/s1. The molecule has 5 heteroatoms. The van der Waals surface area contributed by atoms with Gasteiger partial charge in [-0.2, -0.15) is 0 Å². The van der Waals surface area contributed by atoms with E-state index in [2.05, 4.69) is 11.9 Å². The number of ether oxygens (including phenoxy) is 2. The van der Waals surface area contributed by atoms with Gasteiger partial charge in [0, 0.05) is 5.02 Å². The summed E-state index contributed by atoms with van der Waals surface area (Å²) in [5.41, 5.74) is 0.308. The minimum atomic E-state index is -0.551. The number of amides is 1. The molecule has 0 spiro atoms. The molecule has 21 heavy (non-hydrogen) atoms. The van der Waals surface area contributed by atoms with Gasteiger partial charge < -0.3 is 14.8 Å². The number of carbonyl (C=O) groups is 1. The van der Waals surface area contributed by atoms with Gasteiger partial charge in [-0.05, 0) is 38.5 Å². The molecule has 116 valence electrons. The molecule has 1 atom stereocenters. The Morgan fingerprint density at radius 2 is 2.19 bits per heavy atom. The molecule has 0 saturated carbocycles. The van der Waals surface area contributed by atoms with Gasteiger partial charge in [0.2, 0.25) is 0 Å². The summed E-state index contributed by atoms with van der Waals surface area (Å²) >= 11 is 5.99. The van der Waals surface area contributed by atoms with Crippen LogP contribution < -0.4 is 5.32 Å². The van der Waals surface area contributed by atoms with E-state index in [1.807, 2.05) is 32.9 Å². The van der Waals surface area contributed by atoms with Crippen LogP contribution in [-0.2, 0) is 9.47 Å². The van der Waals surface area contributed by atoms with Crippen LogP contribution in [0.4, 0.5) is 4.79 Å². The summed E-state index contributed by atoms with van der Waals surface area (Å²) in [7, 11) is 0. The number of benzene rings is 1. The maximum Gasteiger partial charge on any atom is 0.408 e. The molecule has 1 amide bonds. The molecule has 0 unspecified atom stereocenters. The van der Waals surface area contributed by atoms with Crippen molar-refractivity contribution in [3.63, 3.8) is 0 Å². The lowest BCUT2D eigenvalue weighted by atomic mass is 10.1. The molecule has 0 aliphatic rings. The average molecular weight is 312 g/mol. The first-order valence-electron chi connectivity index (χ1n) is 6.75. The van der Waals surface area contributed by atoms with E-state index in [1.54, 1.807) is 18.2 Å². The highest BCUT2D eigenvalue weighted by molar-refractivity contribution is 6.30. The van der Waals surface area contributed by atoms with E-state index in [4.69, 9.17) is 21.1 Å². The van der Waals surface area contributed by atoms with Crippen molar-refractivity contribution in [3.8, 4) is 0 Å². The van der Waals surface area contributed by atoms with E-state index in [0.717, 1.165) is 5.56 Å². The fraction of sp³-hybridized carbons (Fsp3) is 0.438. The second-order valence-electron chi connectivity index (χ2n) is 5.58. The Balaban J connectivity index is 2.77. The number of nitrogens with one attached hydrogen (secondary N) is 1. The van der Waals surface area contributed by atoms with Crippen LogP contribution in [0.3, 0.4) is 0 Å². The lowest BCUT2D eigenvalue weighted by Crippen LogP contribution is -2.36. The van der Waals surface area contributed by atoms with Gasteiger partial charge in [-0.25, -0.2) is 4.79 Å². The Morgan fingerprint density at radius 3 is 2.76 bits per heavy atom. The SMILES string of the molecule is C=CCOC[C@@H](NC(=O)OC(C)(C)C)c1cccc(Cl)c1. The largest absolute Gasteiger partial charge is 0.444 e. The summed E-state index contributed by atoms with van der Waals surface area (Å²) in [4.78, 5) is 11.9. The molecule has 1 N–H and O–H groups in total. The van der Waals surface area contributed by atoms with Gasteiger partial charge >= 0.3 is 6.09 Å². The van der Waals surface area contributed by atoms with Crippen LogP contribution in [0.25, 0.3) is 0 Å². The number of hydrogen-bond acceptors (Lipinski definition) is 3. The number of alkyl carbamates (subject to hydrolysis) is 1.